The van der Waals surface area contributed by atoms with E-state index >= 15 is 0 Å². The molecule has 1 aromatic rings. The maximum atomic E-state index is 13.9. The zero-order valence-electron chi connectivity index (χ0n) is 9.97. The van der Waals surface area contributed by atoms with E-state index in [1.54, 1.807) is 6.07 Å². The van der Waals surface area contributed by atoms with Gasteiger partial charge >= 0.3 is 5.69 Å². The molecule has 0 radical (unpaired) electrons. The van der Waals surface area contributed by atoms with Crippen molar-refractivity contribution in [3.63, 3.8) is 0 Å². The molecule has 1 aliphatic rings. The fourth-order valence-corrected chi connectivity index (χ4v) is 2.03. The van der Waals surface area contributed by atoms with Gasteiger partial charge in [-0.05, 0) is 6.42 Å². The molecule has 18 heavy (non-hydrogen) atoms. The summed E-state index contributed by atoms with van der Waals surface area (Å²) in [6, 6.07) is 4.29. The highest BCUT2D eigenvalue weighted by molar-refractivity contribution is 5.36. The number of nitro groups is 1. The minimum absolute atomic E-state index is 0.367. The zero-order valence-corrected chi connectivity index (χ0v) is 9.97. The Morgan fingerprint density at radius 2 is 2.22 bits per heavy atom. The molecule has 0 N–H and O–H groups in total. The van der Waals surface area contributed by atoms with Crippen LogP contribution in [0.4, 0.5) is 10.1 Å². The molecule has 0 unspecified atom stereocenters. The minimum atomic E-state index is -0.729. The minimum Gasteiger partial charge on any atom is -0.380 e. The smallest absolute Gasteiger partial charge is 0.305 e. The number of hydrogen-bond acceptors (Lipinski definition) is 4. The van der Waals surface area contributed by atoms with Gasteiger partial charge < -0.3 is 4.74 Å². The molecule has 1 fully saturated rings. The van der Waals surface area contributed by atoms with E-state index in [0.717, 1.165) is 19.5 Å². The lowest BCUT2D eigenvalue weighted by molar-refractivity contribution is -0.387. The third kappa shape index (κ3) is 3.02. The second-order valence-corrected chi connectivity index (χ2v) is 4.25. The lowest BCUT2D eigenvalue weighted by Gasteiger charge is -2.19. The van der Waals surface area contributed by atoms with Crippen molar-refractivity contribution in [1.82, 2.24) is 4.90 Å². The van der Waals surface area contributed by atoms with Crippen LogP contribution in [0, 0.1) is 15.9 Å². The van der Waals surface area contributed by atoms with Gasteiger partial charge in [0, 0.05) is 37.9 Å². The lowest BCUT2D eigenvalue weighted by atomic mass is 10.1. The van der Waals surface area contributed by atoms with Crippen LogP contribution < -0.4 is 0 Å². The van der Waals surface area contributed by atoms with Gasteiger partial charge in [-0.15, -0.1) is 0 Å². The summed E-state index contributed by atoms with van der Waals surface area (Å²) in [7, 11) is 0. The van der Waals surface area contributed by atoms with Gasteiger partial charge in [0.1, 0.15) is 0 Å². The van der Waals surface area contributed by atoms with Crippen LogP contribution in [-0.4, -0.2) is 36.1 Å². The Morgan fingerprint density at radius 1 is 1.39 bits per heavy atom. The molecule has 1 aliphatic heterocycles. The van der Waals surface area contributed by atoms with Crippen LogP contribution in [0.1, 0.15) is 12.0 Å². The Labute approximate surface area is 104 Å². The second-order valence-electron chi connectivity index (χ2n) is 4.25. The molecule has 0 atom stereocenters. The molecule has 5 nitrogen and oxygen atoms in total. The summed E-state index contributed by atoms with van der Waals surface area (Å²) in [6.45, 7) is 3.27. The standard InChI is InChI=1S/C12H15FN2O3/c13-12-10(3-1-4-11(12)15(16)17)9-14-5-2-7-18-8-6-14/h1,3-4H,2,5-9H2. The van der Waals surface area contributed by atoms with Crippen molar-refractivity contribution in [3.05, 3.63) is 39.7 Å². The van der Waals surface area contributed by atoms with E-state index in [0.29, 0.717) is 25.3 Å². The maximum Gasteiger partial charge on any atom is 0.305 e. The first kappa shape index (κ1) is 12.9. The number of ether oxygens (including phenoxy) is 1. The molecule has 0 aromatic heterocycles. The summed E-state index contributed by atoms with van der Waals surface area (Å²) in [6.07, 6.45) is 0.899. The molecule has 1 saturated heterocycles. The van der Waals surface area contributed by atoms with E-state index in [9.17, 15) is 14.5 Å². The summed E-state index contributed by atoms with van der Waals surface area (Å²) in [5, 5.41) is 10.7. The van der Waals surface area contributed by atoms with Crippen molar-refractivity contribution >= 4 is 5.69 Å². The summed E-state index contributed by atoms with van der Waals surface area (Å²) in [5.74, 6) is -0.729. The van der Waals surface area contributed by atoms with Gasteiger partial charge in [0.2, 0.25) is 5.82 Å². The molecule has 1 aromatic carbocycles. The molecule has 6 heteroatoms. The lowest BCUT2D eigenvalue weighted by Crippen LogP contribution is -2.26. The van der Waals surface area contributed by atoms with Crippen LogP contribution in [-0.2, 0) is 11.3 Å². The third-order valence-electron chi connectivity index (χ3n) is 2.96. The van der Waals surface area contributed by atoms with E-state index in [2.05, 4.69) is 4.90 Å². The van der Waals surface area contributed by atoms with Crippen molar-refractivity contribution in [2.75, 3.05) is 26.3 Å². The number of benzene rings is 1. The Balaban J connectivity index is 2.13. The molecule has 0 spiro atoms. The molecular formula is C12H15FN2O3. The molecule has 98 valence electrons. The Hall–Kier alpha value is -1.53. The van der Waals surface area contributed by atoms with Crippen LogP contribution in [0.5, 0.6) is 0 Å². The van der Waals surface area contributed by atoms with E-state index in [-0.39, 0.29) is 0 Å². The average Bonchev–Trinajstić information content (AvgIpc) is 2.60. The summed E-state index contributed by atoms with van der Waals surface area (Å²) in [5.41, 5.74) is -0.0929. The summed E-state index contributed by atoms with van der Waals surface area (Å²) in [4.78, 5) is 12.0. The van der Waals surface area contributed by atoms with Gasteiger partial charge in [-0.3, -0.25) is 15.0 Å². The number of nitrogens with zero attached hydrogens (tertiary/aromatic N) is 2. The van der Waals surface area contributed by atoms with Crippen LogP contribution >= 0.6 is 0 Å². The first-order valence-corrected chi connectivity index (χ1v) is 5.90. The van der Waals surface area contributed by atoms with Gasteiger partial charge in [0.25, 0.3) is 0 Å². The van der Waals surface area contributed by atoms with Crippen molar-refractivity contribution in [2.45, 2.75) is 13.0 Å². The predicted molar refractivity (Wildman–Crippen MR) is 63.8 cm³/mol. The topological polar surface area (TPSA) is 55.6 Å². The molecule has 1 heterocycles. The number of nitro benzene ring substituents is 1. The maximum absolute atomic E-state index is 13.9. The first-order valence-electron chi connectivity index (χ1n) is 5.90. The number of rotatable bonds is 3. The molecule has 2 rings (SSSR count). The van der Waals surface area contributed by atoms with Crippen molar-refractivity contribution in [3.8, 4) is 0 Å². The van der Waals surface area contributed by atoms with Crippen LogP contribution in [0.2, 0.25) is 0 Å². The highest BCUT2D eigenvalue weighted by Gasteiger charge is 2.19. The van der Waals surface area contributed by atoms with E-state index in [1.165, 1.54) is 12.1 Å². The van der Waals surface area contributed by atoms with Gasteiger partial charge in [-0.2, -0.15) is 4.39 Å². The quantitative estimate of drug-likeness (QED) is 0.611. The van der Waals surface area contributed by atoms with Gasteiger partial charge in [0.15, 0.2) is 0 Å². The van der Waals surface area contributed by atoms with E-state index in [4.69, 9.17) is 4.74 Å². The number of hydrogen-bond donors (Lipinski definition) is 0. The Kier molecular flexibility index (Phi) is 4.22. The van der Waals surface area contributed by atoms with E-state index in [1.807, 2.05) is 0 Å². The van der Waals surface area contributed by atoms with E-state index < -0.39 is 16.4 Å². The highest BCUT2D eigenvalue weighted by Crippen LogP contribution is 2.21. The van der Waals surface area contributed by atoms with Crippen LogP contribution in [0.3, 0.4) is 0 Å². The first-order chi connectivity index (χ1) is 8.68. The van der Waals surface area contributed by atoms with Crippen molar-refractivity contribution in [1.29, 1.82) is 0 Å². The van der Waals surface area contributed by atoms with Gasteiger partial charge in [-0.1, -0.05) is 12.1 Å². The largest absolute Gasteiger partial charge is 0.380 e. The summed E-state index contributed by atoms with van der Waals surface area (Å²) < 4.78 is 19.2. The Morgan fingerprint density at radius 3 is 3.00 bits per heavy atom. The van der Waals surface area contributed by atoms with Gasteiger partial charge in [0.05, 0.1) is 11.5 Å². The SMILES string of the molecule is O=[N+]([O-])c1cccc(CN2CCCOCC2)c1F. The zero-order chi connectivity index (χ0) is 13.0. The van der Waals surface area contributed by atoms with Gasteiger partial charge in [-0.25, -0.2) is 0 Å². The highest BCUT2D eigenvalue weighted by atomic mass is 19.1. The van der Waals surface area contributed by atoms with Crippen LogP contribution in [0.25, 0.3) is 0 Å². The summed E-state index contributed by atoms with van der Waals surface area (Å²) >= 11 is 0. The molecule has 0 saturated carbocycles. The van der Waals surface area contributed by atoms with Crippen LogP contribution in [0.15, 0.2) is 18.2 Å². The molecule has 0 aliphatic carbocycles. The molecule has 0 amide bonds. The Bertz CT molecular complexity index is 431. The number of halogens is 1. The third-order valence-corrected chi connectivity index (χ3v) is 2.96. The fraction of sp³-hybridized carbons (Fsp3) is 0.500. The van der Waals surface area contributed by atoms with Crippen molar-refractivity contribution < 1.29 is 14.1 Å². The molecular weight excluding hydrogens is 239 g/mol. The fourth-order valence-electron chi connectivity index (χ4n) is 2.03. The normalized spacial score (nSPS) is 17.4. The molecule has 0 bridgehead atoms. The predicted octanol–water partition coefficient (Wildman–Crippen LogP) is 1.96. The van der Waals surface area contributed by atoms with Crippen molar-refractivity contribution in [2.24, 2.45) is 0 Å². The monoisotopic (exact) mass is 254 g/mol. The second kappa shape index (κ2) is 5.88. The average molecular weight is 254 g/mol.